The molecule has 0 aromatic rings. The lowest BCUT2D eigenvalue weighted by Gasteiger charge is -2.27. The molecule has 0 aliphatic heterocycles. The molecule has 0 bridgehead atoms. The van der Waals surface area contributed by atoms with Crippen molar-refractivity contribution >= 4 is 29.0 Å². The smallest absolute Gasteiger partial charge is 0.237 e. The standard InChI is InChI=1S/C12H23N3O2S/c1-4-5-9(11(14)18)12(17)15(6-8(2)3)7-10(13)16/h8-9H,4-7H2,1-3H3,(H2,13,16)(H2,14,18). The first-order chi connectivity index (χ1) is 8.29. The summed E-state index contributed by atoms with van der Waals surface area (Å²) in [5.41, 5.74) is 10.8. The fourth-order valence-electron chi connectivity index (χ4n) is 1.76. The molecule has 5 nitrogen and oxygen atoms in total. The molecule has 0 spiro atoms. The van der Waals surface area contributed by atoms with Crippen LogP contribution in [0.15, 0.2) is 0 Å². The van der Waals surface area contributed by atoms with Gasteiger partial charge < -0.3 is 16.4 Å². The summed E-state index contributed by atoms with van der Waals surface area (Å²) in [7, 11) is 0. The molecule has 0 aliphatic carbocycles. The molecule has 1 atom stereocenters. The Bertz CT molecular complexity index is 318. The van der Waals surface area contributed by atoms with E-state index in [1.54, 1.807) is 0 Å². The zero-order chi connectivity index (χ0) is 14.3. The van der Waals surface area contributed by atoms with Gasteiger partial charge >= 0.3 is 0 Å². The first kappa shape index (κ1) is 16.8. The number of primary amides is 1. The predicted molar refractivity (Wildman–Crippen MR) is 75.8 cm³/mol. The van der Waals surface area contributed by atoms with Gasteiger partial charge in [0, 0.05) is 6.54 Å². The first-order valence-corrected chi connectivity index (χ1v) is 6.56. The van der Waals surface area contributed by atoms with E-state index < -0.39 is 11.8 Å². The molecule has 0 heterocycles. The molecule has 0 rings (SSSR count). The summed E-state index contributed by atoms with van der Waals surface area (Å²) < 4.78 is 0. The van der Waals surface area contributed by atoms with Gasteiger partial charge in [0.15, 0.2) is 0 Å². The summed E-state index contributed by atoms with van der Waals surface area (Å²) in [6.07, 6.45) is 1.40. The topological polar surface area (TPSA) is 89.4 Å². The van der Waals surface area contributed by atoms with Crippen molar-refractivity contribution in [2.75, 3.05) is 13.1 Å². The summed E-state index contributed by atoms with van der Waals surface area (Å²) in [5, 5.41) is 0. The van der Waals surface area contributed by atoms with Crippen LogP contribution in [0.2, 0.25) is 0 Å². The molecule has 4 N–H and O–H groups in total. The summed E-state index contributed by atoms with van der Waals surface area (Å²) in [6, 6.07) is 0. The van der Waals surface area contributed by atoms with Crippen LogP contribution in [-0.4, -0.2) is 34.8 Å². The van der Waals surface area contributed by atoms with Crippen molar-refractivity contribution in [1.29, 1.82) is 0 Å². The second-order valence-electron chi connectivity index (χ2n) is 4.82. The molecular formula is C12H23N3O2S. The van der Waals surface area contributed by atoms with Gasteiger partial charge in [-0.25, -0.2) is 0 Å². The Morgan fingerprint density at radius 2 is 1.83 bits per heavy atom. The van der Waals surface area contributed by atoms with E-state index in [2.05, 4.69) is 0 Å². The second-order valence-corrected chi connectivity index (χ2v) is 5.29. The summed E-state index contributed by atoms with van der Waals surface area (Å²) >= 11 is 4.92. The van der Waals surface area contributed by atoms with Crippen molar-refractivity contribution in [3.63, 3.8) is 0 Å². The maximum Gasteiger partial charge on any atom is 0.237 e. The molecule has 0 saturated carbocycles. The van der Waals surface area contributed by atoms with Crippen LogP contribution < -0.4 is 11.5 Å². The van der Waals surface area contributed by atoms with E-state index in [1.165, 1.54) is 4.90 Å². The molecule has 104 valence electrons. The van der Waals surface area contributed by atoms with E-state index >= 15 is 0 Å². The average Bonchev–Trinajstić information content (AvgIpc) is 2.22. The van der Waals surface area contributed by atoms with Gasteiger partial charge in [-0.15, -0.1) is 0 Å². The maximum absolute atomic E-state index is 12.3. The third kappa shape index (κ3) is 5.95. The van der Waals surface area contributed by atoms with Gasteiger partial charge in [0.25, 0.3) is 0 Å². The van der Waals surface area contributed by atoms with Crippen LogP contribution in [-0.2, 0) is 9.59 Å². The molecular weight excluding hydrogens is 250 g/mol. The van der Waals surface area contributed by atoms with E-state index in [4.69, 9.17) is 23.7 Å². The van der Waals surface area contributed by atoms with Crippen LogP contribution in [0.25, 0.3) is 0 Å². The Hall–Kier alpha value is -1.17. The lowest BCUT2D eigenvalue weighted by molar-refractivity contribution is -0.137. The Balaban J connectivity index is 4.89. The van der Waals surface area contributed by atoms with Gasteiger partial charge in [-0.05, 0) is 12.3 Å². The Morgan fingerprint density at radius 1 is 1.28 bits per heavy atom. The van der Waals surface area contributed by atoms with E-state index in [0.29, 0.717) is 13.0 Å². The SMILES string of the molecule is CCCC(C(=O)N(CC(N)=O)CC(C)C)C(N)=S. The summed E-state index contributed by atoms with van der Waals surface area (Å²) in [6.45, 7) is 6.29. The number of carbonyl (C=O) groups excluding carboxylic acids is 2. The molecule has 0 aromatic heterocycles. The van der Waals surface area contributed by atoms with Gasteiger partial charge in [-0.2, -0.15) is 0 Å². The van der Waals surface area contributed by atoms with Gasteiger partial charge in [0.2, 0.25) is 11.8 Å². The third-order valence-corrected chi connectivity index (χ3v) is 2.75. The third-order valence-electron chi connectivity index (χ3n) is 2.46. The molecule has 0 radical (unpaired) electrons. The van der Waals surface area contributed by atoms with Crippen LogP contribution in [0.5, 0.6) is 0 Å². The lowest BCUT2D eigenvalue weighted by Crippen LogP contribution is -2.46. The molecule has 0 aliphatic rings. The monoisotopic (exact) mass is 273 g/mol. The van der Waals surface area contributed by atoms with Crippen molar-refractivity contribution in [3.8, 4) is 0 Å². The van der Waals surface area contributed by atoms with Crippen molar-refractivity contribution < 1.29 is 9.59 Å². The van der Waals surface area contributed by atoms with Crippen molar-refractivity contribution in [2.45, 2.75) is 33.6 Å². The van der Waals surface area contributed by atoms with Crippen LogP contribution in [0.3, 0.4) is 0 Å². The molecule has 0 fully saturated rings. The van der Waals surface area contributed by atoms with Crippen LogP contribution in [0.4, 0.5) is 0 Å². The van der Waals surface area contributed by atoms with Gasteiger partial charge in [0.05, 0.1) is 17.5 Å². The predicted octanol–water partition coefficient (Wildman–Crippen LogP) is 0.659. The highest BCUT2D eigenvalue weighted by Gasteiger charge is 2.27. The van der Waals surface area contributed by atoms with Gasteiger partial charge in [0.1, 0.15) is 0 Å². The zero-order valence-electron chi connectivity index (χ0n) is 11.3. The van der Waals surface area contributed by atoms with Gasteiger partial charge in [-0.1, -0.05) is 39.4 Å². The summed E-state index contributed by atoms with van der Waals surface area (Å²) in [5.74, 6) is -0.968. The highest BCUT2D eigenvalue weighted by molar-refractivity contribution is 7.80. The highest BCUT2D eigenvalue weighted by atomic mass is 32.1. The van der Waals surface area contributed by atoms with E-state index in [9.17, 15) is 9.59 Å². The molecule has 6 heteroatoms. The van der Waals surface area contributed by atoms with Crippen LogP contribution >= 0.6 is 12.2 Å². The number of amides is 2. The normalized spacial score (nSPS) is 12.2. The van der Waals surface area contributed by atoms with Crippen molar-refractivity contribution in [1.82, 2.24) is 4.90 Å². The van der Waals surface area contributed by atoms with Crippen LogP contribution in [0, 0.1) is 11.8 Å². The number of nitrogens with zero attached hydrogens (tertiary/aromatic N) is 1. The van der Waals surface area contributed by atoms with Crippen molar-refractivity contribution in [3.05, 3.63) is 0 Å². The van der Waals surface area contributed by atoms with E-state index in [0.717, 1.165) is 6.42 Å². The number of carbonyl (C=O) groups is 2. The van der Waals surface area contributed by atoms with E-state index in [1.807, 2.05) is 20.8 Å². The first-order valence-electron chi connectivity index (χ1n) is 6.15. The number of thiocarbonyl (C=S) groups is 1. The summed E-state index contributed by atoms with van der Waals surface area (Å²) in [4.78, 5) is 24.9. The molecule has 0 saturated heterocycles. The number of hydrogen-bond donors (Lipinski definition) is 2. The quantitative estimate of drug-likeness (QED) is 0.636. The Morgan fingerprint density at radius 3 is 2.17 bits per heavy atom. The largest absolute Gasteiger partial charge is 0.393 e. The fraction of sp³-hybridized carbons (Fsp3) is 0.750. The molecule has 0 aromatic carbocycles. The maximum atomic E-state index is 12.3. The van der Waals surface area contributed by atoms with Crippen molar-refractivity contribution in [2.24, 2.45) is 23.3 Å². The Kier molecular flexibility index (Phi) is 7.50. The molecule has 1 unspecified atom stereocenters. The van der Waals surface area contributed by atoms with E-state index in [-0.39, 0.29) is 23.4 Å². The van der Waals surface area contributed by atoms with Gasteiger partial charge in [-0.3, -0.25) is 9.59 Å². The fourth-order valence-corrected chi connectivity index (χ4v) is 1.98. The number of rotatable bonds is 8. The molecule has 18 heavy (non-hydrogen) atoms. The Labute approximate surface area is 114 Å². The molecule has 2 amide bonds. The minimum Gasteiger partial charge on any atom is -0.393 e. The minimum atomic E-state index is -0.526. The number of hydrogen-bond acceptors (Lipinski definition) is 3. The minimum absolute atomic E-state index is 0.0835. The average molecular weight is 273 g/mol. The highest BCUT2D eigenvalue weighted by Crippen LogP contribution is 2.12. The lowest BCUT2D eigenvalue weighted by atomic mass is 10.0. The van der Waals surface area contributed by atoms with Crippen LogP contribution in [0.1, 0.15) is 33.6 Å². The second kappa shape index (κ2) is 8.02. The number of nitrogens with two attached hydrogens (primary N) is 2. The zero-order valence-corrected chi connectivity index (χ0v) is 12.1.